The molecule has 3 rings (SSSR count). The van der Waals surface area contributed by atoms with E-state index in [1.54, 1.807) is 0 Å². The number of carbonyl (C=O) groups is 2. The minimum absolute atomic E-state index is 0.0854. The summed E-state index contributed by atoms with van der Waals surface area (Å²) >= 11 is 0.934. The third-order valence-electron chi connectivity index (χ3n) is 4.38. The molecule has 1 atom stereocenters. The Bertz CT molecular complexity index is 942. The van der Waals surface area contributed by atoms with Crippen molar-refractivity contribution < 1.29 is 9.59 Å². The van der Waals surface area contributed by atoms with Crippen molar-refractivity contribution in [1.82, 2.24) is 15.0 Å². The van der Waals surface area contributed by atoms with E-state index in [2.05, 4.69) is 15.0 Å². The van der Waals surface area contributed by atoms with Crippen molar-refractivity contribution in [1.29, 1.82) is 0 Å². The molecule has 0 spiro atoms. The number of carbonyl (C=O) groups excluding carboxylic acids is 2. The first-order valence-electron chi connectivity index (χ1n) is 8.96. The molecule has 0 fully saturated rings. The summed E-state index contributed by atoms with van der Waals surface area (Å²) in [4.78, 5) is 25.1. The molecule has 3 aromatic rings. The Morgan fingerprint density at radius 2 is 1.64 bits per heavy atom. The van der Waals surface area contributed by atoms with Crippen LogP contribution < -0.4 is 16.4 Å². The number of rotatable bonds is 7. The van der Waals surface area contributed by atoms with Gasteiger partial charge in [-0.3, -0.25) is 9.59 Å². The highest BCUT2D eigenvalue weighted by atomic mass is 32.1. The van der Waals surface area contributed by atoms with Gasteiger partial charge < -0.3 is 16.4 Å². The maximum atomic E-state index is 12.5. The normalized spacial score (nSPS) is 11.6. The van der Waals surface area contributed by atoms with Crippen LogP contribution in [-0.4, -0.2) is 22.7 Å². The molecule has 144 valence electrons. The lowest BCUT2D eigenvalue weighted by Gasteiger charge is -2.12. The van der Waals surface area contributed by atoms with Gasteiger partial charge in [0.15, 0.2) is 5.69 Å². The third-order valence-corrected chi connectivity index (χ3v) is 5.24. The van der Waals surface area contributed by atoms with Crippen LogP contribution in [-0.2, 0) is 6.54 Å². The largest absolute Gasteiger partial charge is 0.395 e. The number of hydrogen-bond acceptors (Lipinski definition) is 5. The number of aromatic nitrogens is 1. The molecule has 0 radical (unpaired) electrons. The highest BCUT2D eigenvalue weighted by Gasteiger charge is 2.22. The summed E-state index contributed by atoms with van der Waals surface area (Å²) in [5, 5.41) is 5.64. The molecule has 0 saturated carbocycles. The zero-order chi connectivity index (χ0) is 19.9. The van der Waals surface area contributed by atoms with Gasteiger partial charge in [0.2, 0.25) is 0 Å². The number of amides is 2. The average molecular weight is 395 g/mol. The third kappa shape index (κ3) is 4.75. The number of nitrogens with two attached hydrogens (primary N) is 1. The second kappa shape index (κ2) is 9.14. The lowest BCUT2D eigenvalue weighted by molar-refractivity contribution is 0.0947. The monoisotopic (exact) mass is 394 g/mol. The first-order valence-corrected chi connectivity index (χ1v) is 9.74. The molecule has 0 unspecified atom stereocenters. The molecule has 0 aliphatic carbocycles. The van der Waals surface area contributed by atoms with Gasteiger partial charge in [-0.25, -0.2) is 0 Å². The molecule has 6 nitrogen and oxygen atoms in total. The zero-order valence-electron chi connectivity index (χ0n) is 15.5. The Kier molecular flexibility index (Phi) is 6.39. The standard InChI is InChI=1S/C21H22N4O2S/c1-14(16-10-6-3-7-11-16)12-23-21(27)19-17(22)18(25-28-19)20(26)24-13-15-8-4-2-5-9-15/h2-11,14H,12-13,22H2,1H3,(H,23,27)(H,24,26)/t14-/m1/s1. The molecule has 0 aliphatic heterocycles. The van der Waals surface area contributed by atoms with E-state index in [9.17, 15) is 9.59 Å². The molecule has 28 heavy (non-hydrogen) atoms. The van der Waals surface area contributed by atoms with Gasteiger partial charge in [0, 0.05) is 13.1 Å². The molecule has 0 bridgehead atoms. The fourth-order valence-electron chi connectivity index (χ4n) is 2.71. The number of benzene rings is 2. The van der Waals surface area contributed by atoms with Crippen molar-refractivity contribution in [2.75, 3.05) is 12.3 Å². The highest BCUT2D eigenvalue weighted by molar-refractivity contribution is 7.09. The lowest BCUT2D eigenvalue weighted by Crippen LogP contribution is -2.28. The van der Waals surface area contributed by atoms with Crippen LogP contribution in [0.4, 0.5) is 5.69 Å². The molecule has 0 aliphatic rings. The number of nitrogens with one attached hydrogen (secondary N) is 2. The molecule has 1 heterocycles. The fraction of sp³-hybridized carbons (Fsp3) is 0.190. The minimum Gasteiger partial charge on any atom is -0.395 e. The summed E-state index contributed by atoms with van der Waals surface area (Å²) < 4.78 is 4.08. The second-order valence-corrected chi connectivity index (χ2v) is 7.24. The summed E-state index contributed by atoms with van der Waals surface area (Å²) in [6.45, 7) is 2.87. The van der Waals surface area contributed by atoms with Crippen LogP contribution in [0.3, 0.4) is 0 Å². The van der Waals surface area contributed by atoms with Crippen molar-refractivity contribution in [2.24, 2.45) is 0 Å². The Morgan fingerprint density at radius 1 is 1.00 bits per heavy atom. The van der Waals surface area contributed by atoms with Crippen LogP contribution in [0, 0.1) is 0 Å². The van der Waals surface area contributed by atoms with Crippen molar-refractivity contribution >= 4 is 29.0 Å². The van der Waals surface area contributed by atoms with E-state index in [-0.39, 0.29) is 28.1 Å². The van der Waals surface area contributed by atoms with Crippen LogP contribution in [0.1, 0.15) is 44.1 Å². The average Bonchev–Trinajstić information content (AvgIpc) is 3.13. The van der Waals surface area contributed by atoms with E-state index in [0.717, 1.165) is 22.7 Å². The molecule has 0 saturated heterocycles. The molecule has 7 heteroatoms. The van der Waals surface area contributed by atoms with E-state index in [1.807, 2.05) is 67.6 Å². The Balaban J connectivity index is 1.58. The first-order chi connectivity index (χ1) is 13.6. The van der Waals surface area contributed by atoms with Gasteiger partial charge in [0.05, 0.1) is 5.69 Å². The summed E-state index contributed by atoms with van der Waals surface area (Å²) in [6.07, 6.45) is 0. The molecule has 2 amide bonds. The topological polar surface area (TPSA) is 97.1 Å². The Labute approximate surface area is 167 Å². The molecular formula is C21H22N4O2S. The molecule has 4 N–H and O–H groups in total. The van der Waals surface area contributed by atoms with Crippen molar-refractivity contribution in [2.45, 2.75) is 19.4 Å². The van der Waals surface area contributed by atoms with E-state index >= 15 is 0 Å². The zero-order valence-corrected chi connectivity index (χ0v) is 16.3. The van der Waals surface area contributed by atoms with Gasteiger partial charge in [-0.05, 0) is 28.6 Å². The second-order valence-electron chi connectivity index (χ2n) is 6.46. The predicted octanol–water partition coefficient (Wildman–Crippen LogP) is 3.19. The summed E-state index contributed by atoms with van der Waals surface area (Å²) in [5.41, 5.74) is 8.32. The minimum atomic E-state index is -0.394. The number of anilines is 1. The van der Waals surface area contributed by atoms with E-state index in [4.69, 9.17) is 5.73 Å². The SMILES string of the molecule is C[C@H](CNC(=O)c1snc(C(=O)NCc2ccccc2)c1N)c1ccccc1. The van der Waals surface area contributed by atoms with E-state index in [1.165, 1.54) is 0 Å². The first kappa shape index (κ1) is 19.6. The van der Waals surface area contributed by atoms with E-state index < -0.39 is 5.91 Å². The van der Waals surface area contributed by atoms with Crippen LogP contribution in [0.2, 0.25) is 0 Å². The van der Waals surface area contributed by atoms with Crippen LogP contribution >= 0.6 is 11.5 Å². The predicted molar refractivity (Wildman–Crippen MR) is 111 cm³/mol. The molecule has 1 aromatic heterocycles. The molecular weight excluding hydrogens is 372 g/mol. The van der Waals surface area contributed by atoms with Crippen LogP contribution in [0.25, 0.3) is 0 Å². The Hall–Kier alpha value is -3.19. The number of hydrogen-bond donors (Lipinski definition) is 3. The summed E-state index contributed by atoms with van der Waals surface area (Å²) in [5.74, 6) is -0.554. The maximum Gasteiger partial charge on any atom is 0.273 e. The fourth-order valence-corrected chi connectivity index (χ4v) is 3.43. The van der Waals surface area contributed by atoms with Gasteiger partial charge >= 0.3 is 0 Å². The van der Waals surface area contributed by atoms with E-state index in [0.29, 0.717) is 13.1 Å². The van der Waals surface area contributed by atoms with Crippen molar-refractivity contribution in [3.63, 3.8) is 0 Å². The van der Waals surface area contributed by atoms with Gasteiger partial charge in [0.1, 0.15) is 4.88 Å². The van der Waals surface area contributed by atoms with Crippen LogP contribution in [0.15, 0.2) is 60.7 Å². The number of nitrogen functional groups attached to an aromatic ring is 1. The van der Waals surface area contributed by atoms with Gasteiger partial charge in [0.25, 0.3) is 11.8 Å². The quantitative estimate of drug-likeness (QED) is 0.573. The van der Waals surface area contributed by atoms with Crippen molar-refractivity contribution in [3.8, 4) is 0 Å². The van der Waals surface area contributed by atoms with Gasteiger partial charge in [-0.15, -0.1) is 0 Å². The Morgan fingerprint density at radius 3 is 2.32 bits per heavy atom. The van der Waals surface area contributed by atoms with Gasteiger partial charge in [-0.1, -0.05) is 67.6 Å². The summed E-state index contributed by atoms with van der Waals surface area (Å²) in [6, 6.07) is 19.5. The van der Waals surface area contributed by atoms with Crippen LogP contribution in [0.5, 0.6) is 0 Å². The van der Waals surface area contributed by atoms with Crippen molar-refractivity contribution in [3.05, 3.63) is 82.4 Å². The lowest BCUT2D eigenvalue weighted by atomic mass is 10.0. The number of nitrogens with zero attached hydrogens (tertiary/aromatic N) is 1. The van der Waals surface area contributed by atoms with Gasteiger partial charge in [-0.2, -0.15) is 4.37 Å². The summed E-state index contributed by atoms with van der Waals surface area (Å²) in [7, 11) is 0. The maximum absolute atomic E-state index is 12.5. The smallest absolute Gasteiger partial charge is 0.273 e. The molecule has 2 aromatic carbocycles. The highest BCUT2D eigenvalue weighted by Crippen LogP contribution is 2.22.